The predicted molar refractivity (Wildman–Crippen MR) is 95.9 cm³/mol. The van der Waals surface area contributed by atoms with E-state index in [2.05, 4.69) is 4.72 Å². The Morgan fingerprint density at radius 1 is 1.36 bits per heavy atom. The van der Waals surface area contributed by atoms with Crippen molar-refractivity contribution in [3.05, 3.63) is 42.3 Å². The predicted octanol–water partition coefficient (Wildman–Crippen LogP) is 0.119. The minimum atomic E-state index is -3.68. The van der Waals surface area contributed by atoms with Crippen LogP contribution in [0.2, 0.25) is 0 Å². The molecule has 0 bridgehead atoms. The zero-order chi connectivity index (χ0) is 19.1. The minimum absolute atomic E-state index is 0.00461. The van der Waals surface area contributed by atoms with Gasteiger partial charge in [-0.2, -0.15) is 0 Å². The van der Waals surface area contributed by atoms with E-state index in [1.165, 1.54) is 14.0 Å². The molecule has 1 radical (unpaired) electrons. The fourth-order valence-electron chi connectivity index (χ4n) is 2.38. The molecule has 0 saturated carbocycles. The molecule has 0 spiro atoms. The van der Waals surface area contributed by atoms with Crippen LogP contribution in [0.25, 0.3) is 0 Å². The summed E-state index contributed by atoms with van der Waals surface area (Å²) in [6.07, 6.45) is 1.05. The highest BCUT2D eigenvalue weighted by Crippen LogP contribution is 2.21. The number of primary amides is 1. The zero-order valence-corrected chi connectivity index (χ0v) is 15.4. The molecular weight excluding hydrogens is 344 g/mol. The number of rotatable bonds is 11. The number of sulfonamides is 1. The second-order valence-electron chi connectivity index (χ2n) is 6.28. The summed E-state index contributed by atoms with van der Waals surface area (Å²) in [5.41, 5.74) is 4.32. The molecule has 141 valence electrons. The molecule has 0 aliphatic carbocycles. The van der Waals surface area contributed by atoms with Crippen LogP contribution >= 0.6 is 0 Å². The molecule has 0 saturated heterocycles. The van der Waals surface area contributed by atoms with Crippen LogP contribution in [0.1, 0.15) is 31.7 Å². The quantitative estimate of drug-likeness (QED) is 0.439. The Labute approximate surface area is 149 Å². The first-order valence-electron chi connectivity index (χ1n) is 8.08. The van der Waals surface area contributed by atoms with Crippen LogP contribution in [-0.2, 0) is 21.2 Å². The van der Waals surface area contributed by atoms with Gasteiger partial charge in [0.05, 0.1) is 11.4 Å². The topological polar surface area (TPSA) is 130 Å². The van der Waals surface area contributed by atoms with Gasteiger partial charge in [-0.25, -0.2) is 13.1 Å². The van der Waals surface area contributed by atoms with E-state index in [-0.39, 0.29) is 19.3 Å². The normalized spacial score (nSPS) is 16.8. The number of carbonyl (C=O) groups is 1. The van der Waals surface area contributed by atoms with Crippen molar-refractivity contribution in [1.82, 2.24) is 4.72 Å². The number of amides is 1. The summed E-state index contributed by atoms with van der Waals surface area (Å²) in [6, 6.07) is 9.48. The molecule has 5 N–H and O–H groups in total. The number of aliphatic hydroxyl groups excluding tert-OH is 1. The van der Waals surface area contributed by atoms with E-state index in [1.807, 2.05) is 30.3 Å². The monoisotopic (exact) mass is 371 g/mol. The van der Waals surface area contributed by atoms with Gasteiger partial charge in [0.25, 0.3) is 0 Å². The van der Waals surface area contributed by atoms with E-state index in [0.29, 0.717) is 6.42 Å². The van der Waals surface area contributed by atoms with Gasteiger partial charge in [-0.05, 0) is 51.6 Å². The highest BCUT2D eigenvalue weighted by molar-refractivity contribution is 7.90. The molecule has 0 heterocycles. The van der Waals surface area contributed by atoms with Crippen molar-refractivity contribution in [3.63, 3.8) is 0 Å². The van der Waals surface area contributed by atoms with E-state index >= 15 is 0 Å². The summed E-state index contributed by atoms with van der Waals surface area (Å²) < 4.78 is 26.6. The van der Waals surface area contributed by atoms with Crippen LogP contribution in [0.5, 0.6) is 0 Å². The van der Waals surface area contributed by atoms with Crippen molar-refractivity contribution in [2.75, 3.05) is 7.05 Å². The summed E-state index contributed by atoms with van der Waals surface area (Å²) in [5, 5.41) is 19.1. The molecule has 0 fully saturated rings. The average Bonchev–Trinajstić information content (AvgIpc) is 2.57. The van der Waals surface area contributed by atoms with E-state index in [0.717, 1.165) is 5.56 Å². The lowest BCUT2D eigenvalue weighted by Crippen LogP contribution is -2.43. The number of benzene rings is 1. The van der Waals surface area contributed by atoms with Gasteiger partial charge in [-0.1, -0.05) is 30.3 Å². The number of nitrogens with two attached hydrogens (primary N) is 1. The van der Waals surface area contributed by atoms with Gasteiger partial charge in [0, 0.05) is 0 Å². The first-order chi connectivity index (χ1) is 11.6. The lowest BCUT2D eigenvalue weighted by atomic mass is 9.95. The number of hydrogen-bond acceptors (Lipinski definition) is 5. The Morgan fingerprint density at radius 3 is 2.48 bits per heavy atom. The van der Waals surface area contributed by atoms with Crippen LogP contribution in [-0.4, -0.2) is 48.5 Å². The summed E-state index contributed by atoms with van der Waals surface area (Å²) in [6.45, 7) is 1.25. The van der Waals surface area contributed by atoms with Crippen molar-refractivity contribution in [2.24, 2.45) is 5.73 Å². The highest BCUT2D eigenvalue weighted by atomic mass is 32.2. The summed E-state index contributed by atoms with van der Waals surface area (Å²) in [5.74, 6) is -0.913. The number of nitrogens with one attached hydrogen (secondary N) is 1. The van der Waals surface area contributed by atoms with Crippen molar-refractivity contribution in [3.8, 4) is 0 Å². The molecule has 1 amide bonds. The maximum Gasteiger partial charge on any atom is 0.249 e. The number of aliphatic hydroxyl groups is 2. The van der Waals surface area contributed by atoms with Gasteiger partial charge < -0.3 is 15.9 Å². The molecule has 1 unspecified atom stereocenters. The summed E-state index contributed by atoms with van der Waals surface area (Å²) >= 11 is 0. The number of hydrogen-bond donors (Lipinski definition) is 4. The fourth-order valence-corrected chi connectivity index (χ4v) is 3.60. The average molecular weight is 371 g/mol. The molecule has 1 aromatic rings. The largest absolute Gasteiger partial charge is 0.393 e. The smallest absolute Gasteiger partial charge is 0.249 e. The second-order valence-corrected chi connectivity index (χ2v) is 8.44. The maximum atomic E-state index is 12.2. The highest BCUT2D eigenvalue weighted by Gasteiger charge is 2.33. The molecular formula is C17H27N2O5S. The third-order valence-corrected chi connectivity index (χ3v) is 6.05. The SMILES string of the molecule is CNS(=O)(=O)[C@H](CCC(C)(O)C(N)=O)C[C@@H](O)[CH]Cc1ccccc1. The van der Waals surface area contributed by atoms with Gasteiger partial charge in [-0.3, -0.25) is 4.79 Å². The van der Waals surface area contributed by atoms with Crippen molar-refractivity contribution < 1.29 is 23.4 Å². The van der Waals surface area contributed by atoms with Gasteiger partial charge in [-0.15, -0.1) is 0 Å². The third kappa shape index (κ3) is 7.11. The zero-order valence-electron chi connectivity index (χ0n) is 14.6. The van der Waals surface area contributed by atoms with E-state index in [9.17, 15) is 23.4 Å². The van der Waals surface area contributed by atoms with Crippen LogP contribution in [0.4, 0.5) is 0 Å². The number of carbonyl (C=O) groups excluding carboxylic acids is 1. The molecule has 0 aliphatic rings. The summed E-state index contributed by atoms with van der Waals surface area (Å²) in [7, 11) is -2.39. The molecule has 3 atom stereocenters. The molecule has 1 aromatic carbocycles. The van der Waals surface area contributed by atoms with Crippen molar-refractivity contribution in [2.45, 2.75) is 49.6 Å². The Bertz CT molecular complexity index is 646. The standard InChI is InChI=1S/C17H27N2O5S/c1-17(22,16(18)21)11-10-15(25(23,24)19-2)12-14(20)9-8-13-6-4-3-5-7-13/h3-7,9,14-15,19-20,22H,8,10-12H2,1-2H3,(H2,18,21)/t14-,15+,17?/m0/s1. The van der Waals surface area contributed by atoms with Gasteiger partial charge in [0.2, 0.25) is 15.9 Å². The lowest BCUT2D eigenvalue weighted by molar-refractivity contribution is -0.135. The first kappa shape index (κ1) is 21.6. The lowest BCUT2D eigenvalue weighted by Gasteiger charge is -2.24. The van der Waals surface area contributed by atoms with Gasteiger partial charge >= 0.3 is 0 Å². The molecule has 0 aromatic heterocycles. The van der Waals surface area contributed by atoms with Crippen molar-refractivity contribution in [1.29, 1.82) is 0 Å². The van der Waals surface area contributed by atoms with E-state index < -0.39 is 32.9 Å². The molecule has 1 rings (SSSR count). The minimum Gasteiger partial charge on any atom is -0.393 e. The molecule has 7 nitrogen and oxygen atoms in total. The maximum absolute atomic E-state index is 12.2. The Morgan fingerprint density at radius 2 is 1.96 bits per heavy atom. The van der Waals surface area contributed by atoms with E-state index in [4.69, 9.17) is 5.73 Å². The van der Waals surface area contributed by atoms with Gasteiger partial charge in [0.1, 0.15) is 5.60 Å². The van der Waals surface area contributed by atoms with Crippen LogP contribution in [0.3, 0.4) is 0 Å². The van der Waals surface area contributed by atoms with Gasteiger partial charge in [0.15, 0.2) is 0 Å². The van der Waals surface area contributed by atoms with Crippen LogP contribution in [0.15, 0.2) is 30.3 Å². The Hall–Kier alpha value is -1.48. The molecule has 25 heavy (non-hydrogen) atoms. The fraction of sp³-hybridized carbons (Fsp3) is 0.529. The first-order valence-corrected chi connectivity index (χ1v) is 9.63. The Balaban J connectivity index is 2.68. The summed E-state index contributed by atoms with van der Waals surface area (Å²) in [4.78, 5) is 11.2. The molecule has 0 aliphatic heterocycles. The Kier molecular flexibility index (Phi) is 8.01. The third-order valence-electron chi connectivity index (χ3n) is 4.18. The van der Waals surface area contributed by atoms with Crippen molar-refractivity contribution >= 4 is 15.9 Å². The van der Waals surface area contributed by atoms with Crippen LogP contribution in [0, 0.1) is 6.42 Å². The molecule has 8 heteroatoms. The van der Waals surface area contributed by atoms with Crippen LogP contribution < -0.4 is 10.5 Å². The second kappa shape index (κ2) is 9.28. The van der Waals surface area contributed by atoms with E-state index in [1.54, 1.807) is 6.42 Å².